The van der Waals surface area contributed by atoms with Crippen molar-refractivity contribution < 1.29 is 47.5 Å². The Bertz CT molecular complexity index is 1060. The quantitative estimate of drug-likeness (QED) is 0.0416. The van der Waals surface area contributed by atoms with Crippen molar-refractivity contribution in [1.29, 1.82) is 0 Å². The van der Waals surface area contributed by atoms with Crippen molar-refractivity contribution in [3.8, 4) is 0 Å². The summed E-state index contributed by atoms with van der Waals surface area (Å²) in [5.74, 6) is -2.83. The molecular weight excluding hydrogens is 841 g/mol. The summed E-state index contributed by atoms with van der Waals surface area (Å²) in [5.41, 5.74) is 1.73. The minimum atomic E-state index is -0.950. The van der Waals surface area contributed by atoms with Crippen LogP contribution in [0, 0.1) is 0 Å². The van der Waals surface area contributed by atoms with E-state index < -0.39 is 23.8 Å². The van der Waals surface area contributed by atoms with Crippen LogP contribution < -0.4 is 10.2 Å². The van der Waals surface area contributed by atoms with Crippen molar-refractivity contribution >= 4 is 11.9 Å². The second-order valence-corrected chi connectivity index (χ2v) is 14.6. The second kappa shape index (κ2) is 38.1. The largest absolute Gasteiger partial charge is 2.00 e. The van der Waals surface area contributed by atoms with E-state index in [1.165, 1.54) is 116 Å². The number of allylic oxidation sites excluding steroid dienone is 4. The molecule has 0 aliphatic rings. The normalized spacial score (nSPS) is 12.3. The molecule has 5 heteroatoms. The number of benzene rings is 2. The zero-order valence-corrected chi connectivity index (χ0v) is 39.5. The predicted octanol–water partition coefficient (Wildman–Crippen LogP) is 12.3. The maximum atomic E-state index is 11.3. The number of unbranched alkanes of at least 4 members (excludes halogenated alkanes) is 20. The third-order valence-corrected chi connectivity index (χ3v) is 9.98. The smallest absolute Gasteiger partial charge is 0.549 e. The molecule has 0 aliphatic heterocycles. The number of hydrogen-bond donors (Lipinski definition) is 0. The molecule has 0 spiro atoms. The van der Waals surface area contributed by atoms with Gasteiger partial charge in [0.2, 0.25) is 0 Å². The van der Waals surface area contributed by atoms with E-state index in [0.29, 0.717) is 12.8 Å². The maximum absolute atomic E-state index is 11.3. The first kappa shape index (κ1) is 50.8. The average molecular weight is 916 g/mol. The van der Waals surface area contributed by atoms with Crippen LogP contribution in [0.2, 0.25) is 0 Å². The Labute approximate surface area is 346 Å². The summed E-state index contributed by atoms with van der Waals surface area (Å²) in [6, 6.07) is 18.9. The minimum Gasteiger partial charge on any atom is -0.549 e. The molecule has 0 bridgehead atoms. The fourth-order valence-electron chi connectivity index (χ4n) is 6.70. The van der Waals surface area contributed by atoms with Gasteiger partial charge in [0.1, 0.15) is 0 Å². The zero-order chi connectivity index (χ0) is 37.7. The van der Waals surface area contributed by atoms with Gasteiger partial charge < -0.3 is 19.8 Å². The van der Waals surface area contributed by atoms with Gasteiger partial charge in [-0.25, -0.2) is 0 Å². The van der Waals surface area contributed by atoms with Gasteiger partial charge in [-0.15, -0.1) is 0 Å². The molecule has 292 valence electrons. The van der Waals surface area contributed by atoms with Crippen LogP contribution in [0.1, 0.15) is 204 Å². The van der Waals surface area contributed by atoms with E-state index in [2.05, 4.69) is 38.2 Å². The molecule has 2 atom stereocenters. The first-order valence-corrected chi connectivity index (χ1v) is 21.3. The van der Waals surface area contributed by atoms with E-state index in [9.17, 15) is 19.8 Å². The van der Waals surface area contributed by atoms with E-state index in [4.69, 9.17) is 0 Å². The Kier molecular flexibility index (Phi) is 36.5. The van der Waals surface area contributed by atoms with Crippen LogP contribution in [0.4, 0.5) is 0 Å². The molecular formula is C48H74HgO4. The van der Waals surface area contributed by atoms with Gasteiger partial charge in [-0.05, 0) is 75.3 Å². The summed E-state index contributed by atoms with van der Waals surface area (Å²) in [6.07, 6.45) is 40.6. The van der Waals surface area contributed by atoms with Crippen molar-refractivity contribution in [2.24, 2.45) is 0 Å². The minimum absolute atomic E-state index is 0. The molecule has 2 aromatic rings. The summed E-state index contributed by atoms with van der Waals surface area (Å²) in [6.45, 7) is 4.52. The molecule has 0 saturated heterocycles. The number of carbonyl (C=O) groups excluding carboxylic acids is 2. The summed E-state index contributed by atoms with van der Waals surface area (Å²) < 4.78 is 0. The van der Waals surface area contributed by atoms with Gasteiger partial charge in [-0.1, -0.05) is 202 Å². The van der Waals surface area contributed by atoms with Crippen LogP contribution in [0.15, 0.2) is 85.0 Å². The summed E-state index contributed by atoms with van der Waals surface area (Å²) in [5, 5.41) is 22.7. The van der Waals surface area contributed by atoms with Crippen LogP contribution in [-0.2, 0) is 37.3 Å². The summed E-state index contributed by atoms with van der Waals surface area (Å²) >= 11 is 0. The summed E-state index contributed by atoms with van der Waals surface area (Å²) in [7, 11) is 0. The molecule has 4 nitrogen and oxygen atoms in total. The van der Waals surface area contributed by atoms with E-state index in [-0.39, 0.29) is 27.7 Å². The molecule has 0 heterocycles. The molecule has 0 aliphatic carbocycles. The van der Waals surface area contributed by atoms with Crippen molar-refractivity contribution in [2.45, 2.75) is 193 Å². The van der Waals surface area contributed by atoms with Crippen LogP contribution in [0.25, 0.3) is 0 Å². The topological polar surface area (TPSA) is 80.3 Å². The fourth-order valence-corrected chi connectivity index (χ4v) is 6.70. The van der Waals surface area contributed by atoms with E-state index in [0.717, 1.165) is 49.7 Å². The van der Waals surface area contributed by atoms with Gasteiger partial charge in [0.15, 0.2) is 0 Å². The van der Waals surface area contributed by atoms with E-state index in [1.54, 1.807) is 0 Å². The van der Waals surface area contributed by atoms with E-state index >= 15 is 0 Å². The third-order valence-electron chi connectivity index (χ3n) is 9.98. The molecule has 0 N–H and O–H groups in total. The molecule has 2 rings (SSSR count). The van der Waals surface area contributed by atoms with Crippen molar-refractivity contribution in [1.82, 2.24) is 0 Å². The monoisotopic (exact) mass is 917 g/mol. The van der Waals surface area contributed by atoms with E-state index in [1.807, 2.05) is 60.7 Å². The third kappa shape index (κ3) is 29.8. The second-order valence-electron chi connectivity index (χ2n) is 14.6. The van der Waals surface area contributed by atoms with Crippen LogP contribution in [0.3, 0.4) is 0 Å². The van der Waals surface area contributed by atoms with Gasteiger partial charge in [0.25, 0.3) is 0 Å². The van der Waals surface area contributed by atoms with Gasteiger partial charge in [-0.3, -0.25) is 0 Å². The Morgan fingerprint density at radius 3 is 0.981 bits per heavy atom. The number of carboxylic acids is 2. The van der Waals surface area contributed by atoms with Crippen LogP contribution in [0.5, 0.6) is 0 Å². The first-order chi connectivity index (χ1) is 25.5. The SMILES string of the molecule is CCCCCCCC/C=C\CCCCCCC(C(=O)[O-])c1ccccc1.CCCCCCCC/C=C\CCCCCCC(C(=O)[O-])c1ccccc1.[Hg+2]. The molecule has 53 heavy (non-hydrogen) atoms. The van der Waals surface area contributed by atoms with Crippen LogP contribution >= 0.6 is 0 Å². The number of rotatable bonds is 32. The molecule has 0 saturated carbocycles. The van der Waals surface area contributed by atoms with Gasteiger partial charge in [-0.2, -0.15) is 0 Å². The van der Waals surface area contributed by atoms with Gasteiger partial charge in [0, 0.05) is 23.8 Å². The Balaban J connectivity index is 0.00000100. The molecule has 2 unspecified atom stereocenters. The molecule has 0 fully saturated rings. The first-order valence-electron chi connectivity index (χ1n) is 21.3. The standard InChI is InChI=1S/2C24H38O2.Hg/c2*1-2-3-4-5-6-7-8-9-10-11-12-13-14-18-21-23(24(25)26)22-19-16-15-17-20-22;/h2*9-10,15-17,19-20,23H,2-8,11-14,18,21H2,1H3,(H,25,26);/q;;+2/p-2/b2*10-9-;. The van der Waals surface area contributed by atoms with Crippen molar-refractivity contribution in [2.75, 3.05) is 0 Å². The number of carbonyl (C=O) groups is 2. The molecule has 2 aromatic carbocycles. The molecule has 0 radical (unpaired) electrons. The zero-order valence-electron chi connectivity index (χ0n) is 34.0. The Morgan fingerprint density at radius 1 is 0.434 bits per heavy atom. The van der Waals surface area contributed by atoms with Crippen LogP contribution in [-0.4, -0.2) is 11.9 Å². The van der Waals surface area contributed by atoms with Gasteiger partial charge in [0.05, 0.1) is 0 Å². The maximum Gasteiger partial charge on any atom is 2.00 e. The Hall–Kier alpha value is -2.20. The fraction of sp³-hybridized carbons (Fsp3) is 0.625. The number of carboxylic acid groups (broad SMARTS) is 2. The number of hydrogen-bond acceptors (Lipinski definition) is 4. The summed E-state index contributed by atoms with van der Waals surface area (Å²) in [4.78, 5) is 22.7. The van der Waals surface area contributed by atoms with Crippen molar-refractivity contribution in [3.63, 3.8) is 0 Å². The average Bonchev–Trinajstić information content (AvgIpc) is 3.15. The predicted molar refractivity (Wildman–Crippen MR) is 218 cm³/mol. The molecule has 0 aromatic heterocycles. The van der Waals surface area contributed by atoms with Crippen molar-refractivity contribution in [3.05, 3.63) is 96.1 Å². The number of aliphatic carboxylic acids is 2. The Morgan fingerprint density at radius 2 is 0.698 bits per heavy atom. The molecule has 0 amide bonds. The van der Waals surface area contributed by atoms with Gasteiger partial charge >= 0.3 is 27.7 Å².